The van der Waals surface area contributed by atoms with Gasteiger partial charge >= 0.3 is 0 Å². The maximum atomic E-state index is 12.5. The molecule has 132 valence electrons. The fourth-order valence-corrected chi connectivity index (χ4v) is 4.18. The molecule has 0 radical (unpaired) electrons. The van der Waals surface area contributed by atoms with E-state index < -0.39 is 16.1 Å². The zero-order chi connectivity index (χ0) is 17.5. The lowest BCUT2D eigenvalue weighted by Gasteiger charge is -2.27. The third kappa shape index (κ3) is 6.79. The highest BCUT2D eigenvalue weighted by Crippen LogP contribution is 2.21. The summed E-state index contributed by atoms with van der Waals surface area (Å²) in [7, 11) is -3.60. The van der Waals surface area contributed by atoms with Crippen molar-refractivity contribution in [2.45, 2.75) is 68.9 Å². The Kier molecular flexibility index (Phi) is 8.54. The van der Waals surface area contributed by atoms with Gasteiger partial charge in [-0.3, -0.25) is 0 Å². The number of rotatable bonds is 10. The van der Waals surface area contributed by atoms with E-state index >= 15 is 0 Å². The van der Waals surface area contributed by atoms with Gasteiger partial charge in [-0.1, -0.05) is 38.5 Å². The molecule has 0 heterocycles. The Morgan fingerprint density at radius 2 is 1.74 bits per heavy atom. The van der Waals surface area contributed by atoms with Gasteiger partial charge in [0.05, 0.1) is 11.0 Å². The van der Waals surface area contributed by atoms with E-state index in [2.05, 4.69) is 11.6 Å². The topological polar surface area (TPSA) is 66.4 Å². The first kappa shape index (κ1) is 20.4. The zero-order valence-corrected chi connectivity index (χ0v) is 15.6. The summed E-state index contributed by atoms with van der Waals surface area (Å²) in [5.41, 5.74) is 0. The van der Waals surface area contributed by atoms with Crippen molar-refractivity contribution in [3.63, 3.8) is 0 Å². The minimum absolute atomic E-state index is 0.0323. The number of sulfonamides is 1. The summed E-state index contributed by atoms with van der Waals surface area (Å²) < 4.78 is 27.8. The lowest BCUT2D eigenvalue weighted by molar-refractivity contribution is 0.113. The van der Waals surface area contributed by atoms with Crippen LogP contribution in [0.15, 0.2) is 35.2 Å². The molecule has 2 N–H and O–H groups in total. The van der Waals surface area contributed by atoms with Gasteiger partial charge in [-0.2, -0.15) is 0 Å². The highest BCUT2D eigenvalue weighted by Gasteiger charge is 2.27. The van der Waals surface area contributed by atoms with Crippen LogP contribution in [0.1, 0.15) is 46.5 Å². The van der Waals surface area contributed by atoms with E-state index in [-0.39, 0.29) is 22.2 Å². The fourth-order valence-electron chi connectivity index (χ4n) is 2.45. The average molecular weight is 362 g/mol. The predicted molar refractivity (Wildman–Crippen MR) is 95.2 cm³/mol. The monoisotopic (exact) mass is 361 g/mol. The summed E-state index contributed by atoms with van der Waals surface area (Å²) in [6.45, 7) is 5.61. The molecule has 1 aromatic carbocycles. The minimum Gasteiger partial charge on any atom is -0.393 e. The Morgan fingerprint density at radius 3 is 2.26 bits per heavy atom. The minimum atomic E-state index is -3.60. The van der Waals surface area contributed by atoms with Crippen LogP contribution in [-0.4, -0.2) is 31.0 Å². The van der Waals surface area contributed by atoms with Crippen LogP contribution in [-0.2, 0) is 10.0 Å². The van der Waals surface area contributed by atoms with Crippen LogP contribution in [0.25, 0.3) is 0 Å². The molecule has 0 saturated carbocycles. The van der Waals surface area contributed by atoms with Crippen molar-refractivity contribution in [1.29, 1.82) is 0 Å². The van der Waals surface area contributed by atoms with Crippen LogP contribution in [0.4, 0.5) is 0 Å². The zero-order valence-electron chi connectivity index (χ0n) is 14.1. The predicted octanol–water partition coefficient (Wildman–Crippen LogP) is 3.54. The molecule has 1 aromatic rings. The molecule has 0 bridgehead atoms. The number of hydrogen-bond acceptors (Lipinski definition) is 3. The SMILES string of the molecule is CCCC(Cl)CCC(NS(=O)(=O)c1ccccc1)[C@H](C)[C@H](C)O. The summed E-state index contributed by atoms with van der Waals surface area (Å²) in [4.78, 5) is 0.235. The van der Waals surface area contributed by atoms with Crippen molar-refractivity contribution >= 4 is 21.6 Å². The number of aliphatic hydroxyl groups excluding tert-OH is 1. The lowest BCUT2D eigenvalue weighted by Crippen LogP contribution is -2.43. The Morgan fingerprint density at radius 1 is 1.13 bits per heavy atom. The van der Waals surface area contributed by atoms with Crippen molar-refractivity contribution in [1.82, 2.24) is 4.72 Å². The van der Waals surface area contributed by atoms with Gasteiger partial charge in [0.2, 0.25) is 10.0 Å². The molecule has 1 rings (SSSR count). The summed E-state index contributed by atoms with van der Waals surface area (Å²) in [6.07, 6.45) is 2.63. The van der Waals surface area contributed by atoms with Crippen LogP contribution in [0, 0.1) is 5.92 Å². The van der Waals surface area contributed by atoms with Gasteiger partial charge in [0, 0.05) is 11.4 Å². The van der Waals surface area contributed by atoms with Crippen LogP contribution in [0.5, 0.6) is 0 Å². The molecule has 0 aromatic heterocycles. The molecule has 0 amide bonds. The molecular formula is C17H28ClNO3S. The Bertz CT molecular complexity index is 548. The second-order valence-electron chi connectivity index (χ2n) is 6.10. The second-order valence-corrected chi connectivity index (χ2v) is 8.44. The normalized spacial score (nSPS) is 17.4. The number of nitrogens with one attached hydrogen (secondary N) is 1. The number of alkyl halides is 1. The Labute approximate surface area is 145 Å². The van der Waals surface area contributed by atoms with E-state index in [1.807, 2.05) is 6.92 Å². The molecule has 4 atom stereocenters. The molecule has 0 saturated heterocycles. The molecule has 0 spiro atoms. The number of benzene rings is 1. The van der Waals surface area contributed by atoms with Gasteiger partial charge in [0.1, 0.15) is 0 Å². The van der Waals surface area contributed by atoms with Crippen LogP contribution >= 0.6 is 11.6 Å². The molecular weight excluding hydrogens is 334 g/mol. The van der Waals surface area contributed by atoms with E-state index in [0.29, 0.717) is 12.8 Å². The van der Waals surface area contributed by atoms with E-state index in [4.69, 9.17) is 11.6 Å². The van der Waals surface area contributed by atoms with Crippen molar-refractivity contribution < 1.29 is 13.5 Å². The summed E-state index contributed by atoms with van der Waals surface area (Å²) in [5, 5.41) is 9.89. The number of aliphatic hydroxyl groups is 1. The van der Waals surface area contributed by atoms with Crippen LogP contribution in [0.3, 0.4) is 0 Å². The van der Waals surface area contributed by atoms with Gasteiger partial charge in [-0.25, -0.2) is 13.1 Å². The highest BCUT2D eigenvalue weighted by molar-refractivity contribution is 7.89. The average Bonchev–Trinajstić information content (AvgIpc) is 2.51. The number of halogens is 1. The highest BCUT2D eigenvalue weighted by atomic mass is 35.5. The molecule has 0 fully saturated rings. The van der Waals surface area contributed by atoms with Crippen LogP contribution in [0.2, 0.25) is 0 Å². The van der Waals surface area contributed by atoms with E-state index in [1.54, 1.807) is 37.3 Å². The van der Waals surface area contributed by atoms with Gasteiger partial charge in [-0.05, 0) is 44.2 Å². The van der Waals surface area contributed by atoms with Gasteiger partial charge in [-0.15, -0.1) is 11.6 Å². The molecule has 23 heavy (non-hydrogen) atoms. The molecule has 6 heteroatoms. The molecule has 4 nitrogen and oxygen atoms in total. The standard InChI is InChI=1S/C17H28ClNO3S/c1-4-8-15(18)11-12-17(13(2)14(3)20)19-23(21,22)16-9-6-5-7-10-16/h5-7,9-10,13-15,17,19-20H,4,8,11-12H2,1-3H3/t13-,14+,15?,17?/m1/s1. The summed E-state index contributed by atoms with van der Waals surface area (Å²) >= 11 is 6.26. The first-order valence-electron chi connectivity index (χ1n) is 8.17. The Balaban J connectivity index is 2.84. The van der Waals surface area contributed by atoms with E-state index in [0.717, 1.165) is 12.8 Å². The molecule has 0 aliphatic heterocycles. The first-order chi connectivity index (χ1) is 10.8. The van der Waals surface area contributed by atoms with Crippen molar-refractivity contribution in [2.75, 3.05) is 0 Å². The van der Waals surface area contributed by atoms with Gasteiger partial charge in [0.15, 0.2) is 0 Å². The number of hydrogen-bond donors (Lipinski definition) is 2. The quantitative estimate of drug-likeness (QED) is 0.626. The summed E-state index contributed by atoms with van der Waals surface area (Å²) in [5.74, 6) is -0.195. The Hall–Kier alpha value is -0.620. The second kappa shape index (κ2) is 9.62. The lowest BCUT2D eigenvalue weighted by atomic mass is 9.93. The van der Waals surface area contributed by atoms with Crippen molar-refractivity contribution in [2.24, 2.45) is 5.92 Å². The van der Waals surface area contributed by atoms with Crippen molar-refractivity contribution in [3.8, 4) is 0 Å². The molecule has 0 aliphatic carbocycles. The van der Waals surface area contributed by atoms with E-state index in [1.165, 1.54) is 0 Å². The van der Waals surface area contributed by atoms with Gasteiger partial charge < -0.3 is 5.11 Å². The summed E-state index contributed by atoms with van der Waals surface area (Å²) in [6, 6.07) is 7.94. The fraction of sp³-hybridized carbons (Fsp3) is 0.647. The van der Waals surface area contributed by atoms with Crippen molar-refractivity contribution in [3.05, 3.63) is 30.3 Å². The maximum absolute atomic E-state index is 12.5. The maximum Gasteiger partial charge on any atom is 0.240 e. The first-order valence-corrected chi connectivity index (χ1v) is 10.1. The van der Waals surface area contributed by atoms with Gasteiger partial charge in [0.25, 0.3) is 0 Å². The van der Waals surface area contributed by atoms with E-state index in [9.17, 15) is 13.5 Å². The molecule has 0 aliphatic rings. The third-order valence-electron chi connectivity index (χ3n) is 4.15. The smallest absolute Gasteiger partial charge is 0.240 e. The van der Waals surface area contributed by atoms with Crippen LogP contribution < -0.4 is 4.72 Å². The molecule has 2 unspecified atom stereocenters. The largest absolute Gasteiger partial charge is 0.393 e. The third-order valence-corrected chi connectivity index (χ3v) is 6.09.